The van der Waals surface area contributed by atoms with Crippen LogP contribution in [-0.4, -0.2) is 61.9 Å². The third-order valence-corrected chi connectivity index (χ3v) is 4.69. The second kappa shape index (κ2) is 6.55. The maximum absolute atomic E-state index is 12.4. The fraction of sp³-hybridized carbons (Fsp3) is 0.706. The molecule has 10 nitrogen and oxygen atoms in total. The van der Waals surface area contributed by atoms with Crippen LogP contribution in [0.25, 0.3) is 11.2 Å². The standard InChI is InChI=1S/C17H25N5O5/c1-8(2)5-18-16-20-13-10(14(24)21-16)19-7-22(13)15-12-11(9(6-23)25-15)26-17(3,4)27-12/h7-9,11-12,15,23H,5-6H2,1-4H3,(H2,18,20,21,24)/t9-,11?,12+,15-/m1/s1. The van der Waals surface area contributed by atoms with Gasteiger partial charge in [-0.2, -0.15) is 4.98 Å². The number of aliphatic hydroxyl groups is 1. The van der Waals surface area contributed by atoms with Crippen molar-refractivity contribution in [3.8, 4) is 0 Å². The van der Waals surface area contributed by atoms with E-state index in [9.17, 15) is 9.90 Å². The Morgan fingerprint density at radius 2 is 2.11 bits per heavy atom. The summed E-state index contributed by atoms with van der Waals surface area (Å²) in [4.78, 5) is 23.8. The van der Waals surface area contributed by atoms with Crippen LogP contribution in [0.1, 0.15) is 33.9 Å². The van der Waals surface area contributed by atoms with E-state index in [2.05, 4.69) is 34.1 Å². The van der Waals surface area contributed by atoms with Gasteiger partial charge < -0.3 is 24.6 Å². The molecule has 3 N–H and O–H groups in total. The van der Waals surface area contributed by atoms with Crippen molar-refractivity contribution in [1.82, 2.24) is 19.5 Å². The van der Waals surface area contributed by atoms with Crippen LogP contribution in [0.15, 0.2) is 11.1 Å². The normalized spacial score (nSPS) is 29.6. The molecule has 10 heteroatoms. The minimum absolute atomic E-state index is 0.195. The fourth-order valence-electron chi connectivity index (χ4n) is 3.53. The Morgan fingerprint density at radius 1 is 1.37 bits per heavy atom. The first-order valence-electron chi connectivity index (χ1n) is 9.12. The van der Waals surface area contributed by atoms with Crippen molar-refractivity contribution in [2.45, 2.75) is 58.0 Å². The van der Waals surface area contributed by atoms with E-state index >= 15 is 0 Å². The average molecular weight is 379 g/mol. The van der Waals surface area contributed by atoms with E-state index in [4.69, 9.17) is 14.2 Å². The van der Waals surface area contributed by atoms with E-state index in [0.29, 0.717) is 24.1 Å². The first-order valence-corrected chi connectivity index (χ1v) is 9.12. The predicted molar refractivity (Wildman–Crippen MR) is 96.3 cm³/mol. The van der Waals surface area contributed by atoms with Crippen LogP contribution < -0.4 is 10.9 Å². The highest BCUT2D eigenvalue weighted by atomic mass is 16.8. The van der Waals surface area contributed by atoms with Gasteiger partial charge in [0.1, 0.15) is 18.3 Å². The Balaban J connectivity index is 1.72. The highest BCUT2D eigenvalue weighted by Crippen LogP contribution is 2.43. The molecule has 0 saturated carbocycles. The van der Waals surface area contributed by atoms with Gasteiger partial charge in [0.25, 0.3) is 5.56 Å². The van der Waals surface area contributed by atoms with Gasteiger partial charge in [0.15, 0.2) is 23.2 Å². The molecule has 148 valence electrons. The number of rotatable bonds is 5. The Labute approximate surface area is 155 Å². The number of aromatic nitrogens is 4. The van der Waals surface area contributed by atoms with Crippen molar-refractivity contribution in [2.24, 2.45) is 5.92 Å². The Bertz CT molecular complexity index is 891. The number of nitrogens with zero attached hydrogens (tertiary/aromatic N) is 3. The van der Waals surface area contributed by atoms with Crippen molar-refractivity contribution in [3.05, 3.63) is 16.7 Å². The molecule has 4 heterocycles. The van der Waals surface area contributed by atoms with Gasteiger partial charge in [-0.05, 0) is 19.8 Å². The molecule has 4 atom stereocenters. The van der Waals surface area contributed by atoms with Gasteiger partial charge in [0.2, 0.25) is 5.95 Å². The monoisotopic (exact) mass is 379 g/mol. The van der Waals surface area contributed by atoms with Gasteiger partial charge in [-0.25, -0.2) is 4.98 Å². The number of aliphatic hydroxyl groups excluding tert-OH is 1. The summed E-state index contributed by atoms with van der Waals surface area (Å²) in [6, 6.07) is 0. The number of fused-ring (bicyclic) bond motifs is 2. The second-order valence-electron chi connectivity index (χ2n) is 7.83. The van der Waals surface area contributed by atoms with Gasteiger partial charge in [-0.1, -0.05) is 13.8 Å². The molecule has 0 aliphatic carbocycles. The molecule has 27 heavy (non-hydrogen) atoms. The topological polar surface area (TPSA) is 124 Å². The molecule has 0 radical (unpaired) electrons. The summed E-state index contributed by atoms with van der Waals surface area (Å²) in [5, 5.41) is 12.8. The minimum Gasteiger partial charge on any atom is -0.394 e. The van der Waals surface area contributed by atoms with Crippen molar-refractivity contribution < 1.29 is 19.3 Å². The predicted octanol–water partition coefficient (Wildman–Crippen LogP) is 0.597. The van der Waals surface area contributed by atoms with Crippen LogP contribution in [0.5, 0.6) is 0 Å². The summed E-state index contributed by atoms with van der Waals surface area (Å²) in [7, 11) is 0. The van der Waals surface area contributed by atoms with Gasteiger partial charge in [-0.3, -0.25) is 14.3 Å². The smallest absolute Gasteiger partial charge is 0.280 e. The number of nitrogens with one attached hydrogen (secondary N) is 2. The molecule has 0 aromatic carbocycles. The zero-order chi connectivity index (χ0) is 19.3. The molecule has 0 bridgehead atoms. The number of H-pyrrole nitrogens is 1. The molecule has 2 aromatic heterocycles. The zero-order valence-corrected chi connectivity index (χ0v) is 15.8. The fourth-order valence-corrected chi connectivity index (χ4v) is 3.53. The van der Waals surface area contributed by atoms with Crippen LogP contribution in [-0.2, 0) is 14.2 Å². The lowest BCUT2D eigenvalue weighted by atomic mass is 10.1. The molecule has 0 spiro atoms. The van der Waals surface area contributed by atoms with Crippen LogP contribution in [0.3, 0.4) is 0 Å². The summed E-state index contributed by atoms with van der Waals surface area (Å²) in [5.41, 5.74) is 0.277. The van der Waals surface area contributed by atoms with E-state index < -0.39 is 30.3 Å². The molecule has 4 rings (SSSR count). The van der Waals surface area contributed by atoms with Gasteiger partial charge in [0, 0.05) is 6.54 Å². The number of imidazole rings is 1. The molecule has 2 saturated heterocycles. The third-order valence-electron chi connectivity index (χ3n) is 4.69. The van der Waals surface area contributed by atoms with Gasteiger partial charge >= 0.3 is 0 Å². The summed E-state index contributed by atoms with van der Waals surface area (Å²) in [5.74, 6) is -0.0118. The number of ether oxygens (including phenoxy) is 3. The molecule has 2 aromatic rings. The van der Waals surface area contributed by atoms with Crippen LogP contribution in [0.2, 0.25) is 0 Å². The maximum Gasteiger partial charge on any atom is 0.280 e. The molecule has 2 fully saturated rings. The number of anilines is 1. The summed E-state index contributed by atoms with van der Waals surface area (Å²) in [6.45, 7) is 8.24. The van der Waals surface area contributed by atoms with E-state index in [1.165, 1.54) is 6.33 Å². The Kier molecular flexibility index (Phi) is 4.46. The van der Waals surface area contributed by atoms with Crippen LogP contribution >= 0.6 is 0 Å². The molecule has 2 aliphatic heterocycles. The number of hydrogen-bond acceptors (Lipinski definition) is 8. The Morgan fingerprint density at radius 3 is 2.81 bits per heavy atom. The molecular weight excluding hydrogens is 354 g/mol. The first kappa shape index (κ1) is 18.4. The summed E-state index contributed by atoms with van der Waals surface area (Å²) in [6.07, 6.45) is -0.475. The molecular formula is C17H25N5O5. The van der Waals surface area contributed by atoms with Crippen molar-refractivity contribution in [3.63, 3.8) is 0 Å². The lowest BCUT2D eigenvalue weighted by Crippen LogP contribution is -2.31. The first-order chi connectivity index (χ1) is 12.8. The van der Waals surface area contributed by atoms with E-state index in [-0.39, 0.29) is 17.7 Å². The van der Waals surface area contributed by atoms with E-state index in [0.717, 1.165) is 0 Å². The van der Waals surface area contributed by atoms with E-state index in [1.54, 1.807) is 4.57 Å². The third kappa shape index (κ3) is 3.22. The minimum atomic E-state index is -0.782. The number of aromatic amines is 1. The van der Waals surface area contributed by atoms with Crippen molar-refractivity contribution in [2.75, 3.05) is 18.5 Å². The van der Waals surface area contributed by atoms with E-state index in [1.807, 2.05) is 13.8 Å². The average Bonchev–Trinajstić information content (AvgIpc) is 3.23. The number of hydrogen-bond donors (Lipinski definition) is 3. The van der Waals surface area contributed by atoms with Gasteiger partial charge in [0.05, 0.1) is 12.9 Å². The lowest BCUT2D eigenvalue weighted by Gasteiger charge is -2.24. The van der Waals surface area contributed by atoms with Gasteiger partial charge in [-0.15, -0.1) is 0 Å². The van der Waals surface area contributed by atoms with Crippen molar-refractivity contribution >= 4 is 17.1 Å². The summed E-state index contributed by atoms with van der Waals surface area (Å²) >= 11 is 0. The molecule has 1 unspecified atom stereocenters. The zero-order valence-electron chi connectivity index (χ0n) is 15.8. The SMILES string of the molecule is CC(C)CNc1nc2c(ncn2[C@@H]2O[C@H](CO)C3OC(C)(C)O[C@@H]32)c(=O)[nH]1. The maximum atomic E-state index is 12.4. The highest BCUT2D eigenvalue weighted by Gasteiger charge is 2.56. The van der Waals surface area contributed by atoms with Crippen LogP contribution in [0, 0.1) is 5.92 Å². The molecule has 2 aliphatic rings. The molecule has 0 amide bonds. The van der Waals surface area contributed by atoms with Crippen LogP contribution in [0.4, 0.5) is 5.95 Å². The Hall–Kier alpha value is -2.01. The van der Waals surface area contributed by atoms with Crippen molar-refractivity contribution in [1.29, 1.82) is 0 Å². The quantitative estimate of drug-likeness (QED) is 0.690. The highest BCUT2D eigenvalue weighted by molar-refractivity contribution is 5.71. The second-order valence-corrected chi connectivity index (χ2v) is 7.83. The largest absolute Gasteiger partial charge is 0.394 e. The summed E-state index contributed by atoms with van der Waals surface area (Å²) < 4.78 is 19.5. The lowest BCUT2D eigenvalue weighted by molar-refractivity contribution is -0.199.